The summed E-state index contributed by atoms with van der Waals surface area (Å²) < 4.78 is 11.4. The van der Waals surface area contributed by atoms with Gasteiger partial charge in [-0.05, 0) is 63.1 Å². The lowest BCUT2D eigenvalue weighted by molar-refractivity contribution is -0.132. The van der Waals surface area contributed by atoms with Crippen LogP contribution in [0, 0.1) is 13.8 Å². The van der Waals surface area contributed by atoms with E-state index >= 15 is 0 Å². The number of para-hydroxylation sites is 1. The number of ether oxygens (including phenoxy) is 2. The Labute approximate surface area is 205 Å². The number of ketones is 1. The monoisotopic (exact) mass is 471 g/mol. The number of carbonyl (C=O) groups is 2. The van der Waals surface area contributed by atoms with Gasteiger partial charge in [-0.2, -0.15) is 0 Å². The van der Waals surface area contributed by atoms with Gasteiger partial charge in [-0.3, -0.25) is 14.5 Å². The van der Waals surface area contributed by atoms with Crippen molar-refractivity contribution >= 4 is 23.1 Å². The molecule has 0 aromatic heterocycles. The quantitative estimate of drug-likeness (QED) is 0.282. The second kappa shape index (κ2) is 9.66. The molecule has 1 N–H and O–H groups in total. The lowest BCUT2D eigenvalue weighted by Crippen LogP contribution is -2.30. The molecule has 1 fully saturated rings. The number of benzene rings is 3. The molecule has 0 radical (unpaired) electrons. The van der Waals surface area contributed by atoms with Gasteiger partial charge in [0, 0.05) is 16.8 Å². The lowest BCUT2D eigenvalue weighted by atomic mass is 9.94. The summed E-state index contributed by atoms with van der Waals surface area (Å²) in [7, 11) is 1.54. The van der Waals surface area contributed by atoms with E-state index in [1.807, 2.05) is 58.0 Å². The standard InChI is InChI=1S/C29H29NO5/c1-17(2)35-21-10-8-9-20(16-21)27(31)25-26(22-11-6-7-12-24(22)34-5)30(29(33)28(25)32)23-15-18(3)13-14-19(23)4/h6-17,26,31H,1-5H3/b27-25+. The summed E-state index contributed by atoms with van der Waals surface area (Å²) in [5.74, 6) is -0.652. The van der Waals surface area contributed by atoms with Gasteiger partial charge in [0.2, 0.25) is 0 Å². The number of nitrogens with zero attached hydrogens (tertiary/aromatic N) is 1. The molecule has 1 aliphatic rings. The maximum atomic E-state index is 13.5. The van der Waals surface area contributed by atoms with E-state index in [0.29, 0.717) is 28.3 Å². The van der Waals surface area contributed by atoms with Crippen molar-refractivity contribution in [2.24, 2.45) is 0 Å². The maximum Gasteiger partial charge on any atom is 0.300 e. The van der Waals surface area contributed by atoms with Crippen LogP contribution in [0.1, 0.15) is 42.1 Å². The van der Waals surface area contributed by atoms with Gasteiger partial charge < -0.3 is 14.6 Å². The third-order valence-electron chi connectivity index (χ3n) is 5.98. The third kappa shape index (κ3) is 4.52. The van der Waals surface area contributed by atoms with E-state index in [1.165, 1.54) is 12.0 Å². The number of rotatable bonds is 6. The van der Waals surface area contributed by atoms with E-state index in [9.17, 15) is 14.7 Å². The fraction of sp³-hybridized carbons (Fsp3) is 0.241. The van der Waals surface area contributed by atoms with Gasteiger partial charge in [-0.15, -0.1) is 0 Å². The second-order valence-corrected chi connectivity index (χ2v) is 8.90. The van der Waals surface area contributed by atoms with Crippen LogP contribution in [0.25, 0.3) is 5.76 Å². The van der Waals surface area contributed by atoms with Crippen molar-refractivity contribution in [3.63, 3.8) is 0 Å². The first-order chi connectivity index (χ1) is 16.7. The minimum Gasteiger partial charge on any atom is -0.507 e. The molecule has 6 heteroatoms. The number of anilines is 1. The Morgan fingerprint density at radius 3 is 2.43 bits per heavy atom. The molecule has 1 amide bonds. The first kappa shape index (κ1) is 24.1. The SMILES string of the molecule is COc1ccccc1C1/C(=C(\O)c2cccc(OC(C)C)c2)C(=O)C(=O)N1c1cc(C)ccc1C. The van der Waals surface area contributed by atoms with E-state index < -0.39 is 17.7 Å². The maximum absolute atomic E-state index is 13.5. The predicted octanol–water partition coefficient (Wildman–Crippen LogP) is 5.73. The number of amides is 1. The lowest BCUT2D eigenvalue weighted by Gasteiger charge is -2.28. The zero-order valence-electron chi connectivity index (χ0n) is 20.5. The van der Waals surface area contributed by atoms with Crippen molar-refractivity contribution in [1.82, 2.24) is 0 Å². The summed E-state index contributed by atoms with van der Waals surface area (Å²) in [6.07, 6.45) is -0.0594. The normalized spacial score (nSPS) is 17.2. The number of hydrogen-bond acceptors (Lipinski definition) is 5. The first-order valence-electron chi connectivity index (χ1n) is 11.5. The summed E-state index contributed by atoms with van der Waals surface area (Å²) in [5.41, 5.74) is 3.39. The smallest absolute Gasteiger partial charge is 0.300 e. The number of methoxy groups -OCH3 is 1. The highest BCUT2D eigenvalue weighted by Gasteiger charge is 2.48. The van der Waals surface area contributed by atoms with E-state index in [0.717, 1.165) is 11.1 Å². The summed E-state index contributed by atoms with van der Waals surface area (Å²) in [6, 6.07) is 19.0. The highest BCUT2D eigenvalue weighted by atomic mass is 16.5. The fourth-order valence-electron chi connectivity index (χ4n) is 4.39. The minimum atomic E-state index is -0.874. The van der Waals surface area contributed by atoms with Gasteiger partial charge in [-0.25, -0.2) is 0 Å². The largest absolute Gasteiger partial charge is 0.507 e. The van der Waals surface area contributed by atoms with Crippen LogP contribution in [0.3, 0.4) is 0 Å². The van der Waals surface area contributed by atoms with Crippen LogP contribution in [-0.2, 0) is 9.59 Å². The molecular weight excluding hydrogens is 442 g/mol. The van der Waals surface area contributed by atoms with Gasteiger partial charge in [-0.1, -0.05) is 42.5 Å². The number of carbonyl (C=O) groups excluding carboxylic acids is 2. The molecular formula is C29H29NO5. The number of Topliss-reactive ketones (excluding diaryl/α,β-unsaturated/α-hetero) is 1. The molecule has 1 aliphatic heterocycles. The van der Waals surface area contributed by atoms with Gasteiger partial charge >= 0.3 is 0 Å². The highest BCUT2D eigenvalue weighted by Crippen LogP contribution is 2.45. The molecule has 1 unspecified atom stereocenters. The topological polar surface area (TPSA) is 76.1 Å². The van der Waals surface area contributed by atoms with Crippen LogP contribution in [0.4, 0.5) is 5.69 Å². The van der Waals surface area contributed by atoms with Crippen LogP contribution >= 0.6 is 0 Å². The Kier molecular flexibility index (Phi) is 6.65. The zero-order chi connectivity index (χ0) is 25.3. The van der Waals surface area contributed by atoms with Gasteiger partial charge in [0.15, 0.2) is 0 Å². The van der Waals surface area contributed by atoms with Crippen LogP contribution in [-0.4, -0.2) is 30.0 Å². The van der Waals surface area contributed by atoms with Crippen LogP contribution < -0.4 is 14.4 Å². The van der Waals surface area contributed by atoms with E-state index in [-0.39, 0.29) is 17.4 Å². The number of aryl methyl sites for hydroxylation is 2. The Bertz CT molecular complexity index is 1320. The number of aliphatic hydroxyl groups excluding tert-OH is 1. The van der Waals surface area contributed by atoms with Crippen molar-refractivity contribution in [2.75, 3.05) is 12.0 Å². The molecule has 1 heterocycles. The molecule has 0 spiro atoms. The Morgan fingerprint density at radius 1 is 0.971 bits per heavy atom. The average molecular weight is 472 g/mol. The Hall–Kier alpha value is -4.06. The van der Waals surface area contributed by atoms with Crippen LogP contribution in [0.2, 0.25) is 0 Å². The average Bonchev–Trinajstić information content (AvgIpc) is 3.10. The number of hydrogen-bond donors (Lipinski definition) is 1. The van der Waals surface area contributed by atoms with E-state index in [1.54, 1.807) is 36.4 Å². The van der Waals surface area contributed by atoms with Gasteiger partial charge in [0.1, 0.15) is 17.3 Å². The van der Waals surface area contributed by atoms with Crippen LogP contribution in [0.5, 0.6) is 11.5 Å². The zero-order valence-corrected chi connectivity index (χ0v) is 20.5. The Morgan fingerprint density at radius 2 is 1.71 bits per heavy atom. The van der Waals surface area contributed by atoms with Crippen molar-refractivity contribution in [3.8, 4) is 11.5 Å². The summed E-state index contributed by atoms with van der Waals surface area (Å²) in [4.78, 5) is 28.4. The van der Waals surface area contributed by atoms with Crippen LogP contribution in [0.15, 0.2) is 72.3 Å². The van der Waals surface area contributed by atoms with E-state index in [2.05, 4.69) is 0 Å². The van der Waals surface area contributed by atoms with Gasteiger partial charge in [0.25, 0.3) is 11.7 Å². The van der Waals surface area contributed by atoms with Crippen molar-refractivity contribution in [2.45, 2.75) is 39.8 Å². The molecule has 35 heavy (non-hydrogen) atoms. The third-order valence-corrected chi connectivity index (χ3v) is 5.98. The van der Waals surface area contributed by atoms with Crippen molar-refractivity contribution in [3.05, 3.63) is 94.6 Å². The summed E-state index contributed by atoms with van der Waals surface area (Å²) >= 11 is 0. The van der Waals surface area contributed by atoms with Gasteiger partial charge in [0.05, 0.1) is 24.8 Å². The second-order valence-electron chi connectivity index (χ2n) is 8.90. The van der Waals surface area contributed by atoms with E-state index in [4.69, 9.17) is 9.47 Å². The Balaban J connectivity index is 1.98. The molecule has 6 nitrogen and oxygen atoms in total. The molecule has 0 bridgehead atoms. The summed E-state index contributed by atoms with van der Waals surface area (Å²) in [6.45, 7) is 7.63. The molecule has 180 valence electrons. The number of aliphatic hydroxyl groups is 1. The molecule has 0 saturated carbocycles. The molecule has 3 aromatic carbocycles. The predicted molar refractivity (Wildman–Crippen MR) is 136 cm³/mol. The molecule has 1 saturated heterocycles. The minimum absolute atomic E-state index is 0.00195. The summed E-state index contributed by atoms with van der Waals surface area (Å²) in [5, 5.41) is 11.4. The highest BCUT2D eigenvalue weighted by molar-refractivity contribution is 6.51. The van der Waals surface area contributed by atoms with Crippen molar-refractivity contribution < 1.29 is 24.2 Å². The first-order valence-corrected chi connectivity index (χ1v) is 11.5. The molecule has 3 aromatic rings. The molecule has 0 aliphatic carbocycles. The van der Waals surface area contributed by atoms with Crippen molar-refractivity contribution in [1.29, 1.82) is 0 Å². The fourth-order valence-corrected chi connectivity index (χ4v) is 4.39. The molecule has 4 rings (SSSR count). The molecule has 1 atom stereocenters.